The van der Waals surface area contributed by atoms with Gasteiger partial charge in [-0.3, -0.25) is 24.4 Å². The molecule has 3 fully saturated rings. The Balaban J connectivity index is 0.000000216. The second-order valence-electron chi connectivity index (χ2n) is 19.2. The number of hydrogen-bond acceptors (Lipinski definition) is 16. The van der Waals surface area contributed by atoms with Crippen molar-refractivity contribution in [2.75, 3.05) is 126 Å². The predicted molar refractivity (Wildman–Crippen MR) is 290 cm³/mol. The highest BCUT2D eigenvalue weighted by molar-refractivity contribution is 7.91. The Kier molecular flexibility index (Phi) is 21.0. The van der Waals surface area contributed by atoms with Crippen LogP contribution < -0.4 is 19.3 Å². The number of alkyl halides is 4. The maximum absolute atomic E-state index is 15.3. The Hall–Kier alpha value is -6.84. The molecule has 2 aromatic heterocycles. The molecule has 3 aliphatic heterocycles. The van der Waals surface area contributed by atoms with Crippen LogP contribution in [-0.2, 0) is 22.9 Å². The van der Waals surface area contributed by atoms with Crippen molar-refractivity contribution in [3.05, 3.63) is 119 Å². The number of benzene rings is 4. The highest BCUT2D eigenvalue weighted by atomic mass is 35.5. The van der Waals surface area contributed by atoms with E-state index in [1.807, 2.05) is 0 Å². The summed E-state index contributed by atoms with van der Waals surface area (Å²) in [4.78, 5) is 39.3. The van der Waals surface area contributed by atoms with Gasteiger partial charge in [-0.1, -0.05) is 26.0 Å². The topological polar surface area (TPSA) is 187 Å². The summed E-state index contributed by atoms with van der Waals surface area (Å²) >= 11 is 5.79. The number of likely N-dealkylation sites (N-methyl/N-ethyl adjacent to an activating group) is 2. The Morgan fingerprint density at radius 1 is 0.580 bits per heavy atom. The van der Waals surface area contributed by atoms with Gasteiger partial charge in [0.15, 0.2) is 9.84 Å². The SMILES string of the molecule is CCN1CCN(CCOc2ccc(N(Cc3ccc(-c4nnc(C(F)F)o4)cc3F)C(=O)Cl)cc2)CC1.CCN1CCN(CCOc2ccc(N(Cc3ccc(-c4nnc(C(F)F)o4)cc3F)C(=O)N3CCS(=O)(=O)CC3)cc2)CC1. The largest absolute Gasteiger partial charge is 0.492 e. The number of anilines is 2. The molecular weight excluding hydrogens is 1110 g/mol. The second-order valence-corrected chi connectivity index (χ2v) is 21.8. The van der Waals surface area contributed by atoms with Crippen LogP contribution in [0.3, 0.4) is 0 Å². The maximum atomic E-state index is 15.3. The van der Waals surface area contributed by atoms with E-state index in [0.717, 1.165) is 90.7 Å². The average molecular weight is 1170 g/mol. The van der Waals surface area contributed by atoms with E-state index < -0.39 is 57.5 Å². The fourth-order valence-corrected chi connectivity index (χ4v) is 10.5. The predicted octanol–water partition coefficient (Wildman–Crippen LogP) is 8.88. The fourth-order valence-electron chi connectivity index (χ4n) is 9.12. The monoisotopic (exact) mass is 1170 g/mol. The summed E-state index contributed by atoms with van der Waals surface area (Å²) in [5.74, 6) is -2.63. The number of amides is 3. The molecular formula is C54H62ClF6N11O8S. The molecule has 5 heterocycles. The van der Waals surface area contributed by atoms with Gasteiger partial charge in [0, 0.05) is 112 Å². The summed E-state index contributed by atoms with van der Waals surface area (Å²) in [6.45, 7) is 17.1. The normalized spacial score (nSPS) is 16.3. The first kappa shape index (κ1) is 60.3. The van der Waals surface area contributed by atoms with Gasteiger partial charge in [0.25, 0.3) is 11.8 Å². The van der Waals surface area contributed by atoms with Crippen LogP contribution in [0.2, 0.25) is 0 Å². The lowest BCUT2D eigenvalue weighted by Gasteiger charge is -2.34. The molecule has 3 aliphatic rings. The number of sulfone groups is 1. The van der Waals surface area contributed by atoms with E-state index in [1.165, 1.54) is 39.0 Å². The van der Waals surface area contributed by atoms with Crippen LogP contribution in [0.5, 0.6) is 11.5 Å². The van der Waals surface area contributed by atoms with Crippen molar-refractivity contribution in [3.8, 4) is 34.4 Å². The van der Waals surface area contributed by atoms with E-state index in [-0.39, 0.29) is 71.7 Å². The Bertz CT molecular complexity index is 3120. The van der Waals surface area contributed by atoms with Gasteiger partial charge in [0.05, 0.1) is 24.6 Å². The van der Waals surface area contributed by atoms with Crippen LogP contribution >= 0.6 is 11.6 Å². The van der Waals surface area contributed by atoms with Crippen molar-refractivity contribution in [2.45, 2.75) is 39.8 Å². The quantitative estimate of drug-likeness (QED) is 0.0400. The number of carbonyl (C=O) groups is 2. The van der Waals surface area contributed by atoms with Crippen molar-refractivity contribution >= 4 is 44.2 Å². The van der Waals surface area contributed by atoms with Gasteiger partial charge in [0.2, 0.25) is 11.8 Å². The number of halogens is 7. The number of rotatable bonds is 20. The number of carbonyl (C=O) groups excluding carboxylic acids is 2. The molecule has 0 spiro atoms. The highest BCUT2D eigenvalue weighted by Crippen LogP contribution is 2.30. The summed E-state index contributed by atoms with van der Waals surface area (Å²) in [5.41, 5.74) is 1.48. The number of hydrogen-bond donors (Lipinski definition) is 0. The molecule has 0 unspecified atom stereocenters. The molecule has 0 bridgehead atoms. The van der Waals surface area contributed by atoms with Crippen molar-refractivity contribution in [3.63, 3.8) is 0 Å². The third-order valence-corrected chi connectivity index (χ3v) is 15.9. The van der Waals surface area contributed by atoms with Crippen LogP contribution in [0.1, 0.15) is 49.6 Å². The van der Waals surface area contributed by atoms with Gasteiger partial charge >= 0.3 is 24.2 Å². The molecule has 0 atom stereocenters. The molecule has 3 amide bonds. The molecule has 4 aromatic carbocycles. The third-order valence-electron chi connectivity index (χ3n) is 14.0. The average Bonchev–Trinajstić information content (AvgIpc) is 4.20. The lowest BCUT2D eigenvalue weighted by Crippen LogP contribution is -2.49. The molecule has 0 radical (unpaired) electrons. The number of nitrogens with zero attached hydrogens (tertiary/aromatic N) is 11. The standard InChI is InChI=1S/C29H35F3N6O5S.C25H27ClF3N5O3/c1-2-35-9-11-36(12-10-35)13-16-42-24-7-5-23(6-8-24)38(29(39)37-14-17-44(40,41)18-15-37)20-22-4-3-21(19-25(22)30)27-33-34-28(43-27)26(31)32;1-2-32-9-11-33(12-10-32)13-14-36-20-7-5-19(6-8-20)34(25(26)35)16-18-4-3-17(15-21(18)27)23-30-31-24(37-23)22(28)29/h3-8,19,26H,2,9-18,20H2,1H3;3-8,15,22H,2,9-14,16H2,1H3. The summed E-state index contributed by atoms with van der Waals surface area (Å²) in [5, 5.41) is 12.8. The van der Waals surface area contributed by atoms with Gasteiger partial charge in [0.1, 0.15) is 36.3 Å². The van der Waals surface area contributed by atoms with E-state index in [2.05, 4.69) is 53.8 Å². The minimum Gasteiger partial charge on any atom is -0.492 e. The Labute approximate surface area is 469 Å². The van der Waals surface area contributed by atoms with Gasteiger partial charge in [-0.05, 0) is 97.5 Å². The summed E-state index contributed by atoms with van der Waals surface area (Å²) in [6.07, 6.45) is -5.88. The first-order valence-corrected chi connectivity index (χ1v) is 28.5. The lowest BCUT2D eigenvalue weighted by atomic mass is 10.1. The summed E-state index contributed by atoms with van der Waals surface area (Å²) < 4.78 is 127. The zero-order valence-corrected chi connectivity index (χ0v) is 46.2. The van der Waals surface area contributed by atoms with Crippen molar-refractivity contribution in [2.24, 2.45) is 0 Å². The van der Waals surface area contributed by atoms with E-state index in [4.69, 9.17) is 29.9 Å². The first-order chi connectivity index (χ1) is 38.9. The number of urea groups is 1. The van der Waals surface area contributed by atoms with Crippen LogP contribution in [0.4, 0.5) is 47.3 Å². The van der Waals surface area contributed by atoms with E-state index in [0.29, 0.717) is 36.1 Å². The van der Waals surface area contributed by atoms with Gasteiger partial charge in [-0.25, -0.2) is 22.0 Å². The van der Waals surface area contributed by atoms with Crippen LogP contribution in [0, 0.1) is 11.6 Å². The number of piperazine rings is 2. The van der Waals surface area contributed by atoms with Crippen LogP contribution in [0.15, 0.2) is 93.8 Å². The summed E-state index contributed by atoms with van der Waals surface area (Å²) in [6, 6.07) is 21.1. The molecule has 0 aliphatic carbocycles. The zero-order chi connectivity index (χ0) is 57.6. The molecule has 0 N–H and O–H groups in total. The van der Waals surface area contributed by atoms with Crippen molar-refractivity contribution in [1.29, 1.82) is 0 Å². The lowest BCUT2D eigenvalue weighted by molar-refractivity contribution is 0.115. The molecule has 3 saturated heterocycles. The molecule has 27 heteroatoms. The minimum atomic E-state index is -3.23. The third kappa shape index (κ3) is 16.7. The number of ether oxygens (including phenoxy) is 2. The minimum absolute atomic E-state index is 0.0242. The van der Waals surface area contributed by atoms with Gasteiger partial charge in [-0.15, -0.1) is 20.4 Å². The maximum Gasteiger partial charge on any atom is 0.324 e. The molecule has 81 heavy (non-hydrogen) atoms. The second kappa shape index (κ2) is 28.2. The van der Waals surface area contributed by atoms with E-state index >= 15 is 4.39 Å². The molecule has 9 rings (SSSR count). The van der Waals surface area contributed by atoms with Gasteiger partial charge in [-0.2, -0.15) is 17.6 Å². The van der Waals surface area contributed by atoms with Crippen LogP contribution in [0.25, 0.3) is 22.9 Å². The molecule has 19 nitrogen and oxygen atoms in total. The number of aromatic nitrogens is 4. The fraction of sp³-hybridized carbons (Fsp3) is 0.444. The summed E-state index contributed by atoms with van der Waals surface area (Å²) in [7, 11) is -3.23. The highest BCUT2D eigenvalue weighted by Gasteiger charge is 2.30. The van der Waals surface area contributed by atoms with E-state index in [9.17, 15) is 40.0 Å². The smallest absolute Gasteiger partial charge is 0.324 e. The Morgan fingerprint density at radius 3 is 1.35 bits per heavy atom. The first-order valence-electron chi connectivity index (χ1n) is 26.4. The van der Waals surface area contributed by atoms with Gasteiger partial charge < -0.3 is 33.0 Å². The zero-order valence-electron chi connectivity index (χ0n) is 44.6. The van der Waals surface area contributed by atoms with Crippen molar-refractivity contribution < 1.29 is 62.7 Å². The molecule has 0 saturated carbocycles. The van der Waals surface area contributed by atoms with Crippen LogP contribution in [-0.4, -0.2) is 181 Å². The molecule has 6 aromatic rings. The Morgan fingerprint density at radius 2 is 0.975 bits per heavy atom. The van der Waals surface area contributed by atoms with Crippen molar-refractivity contribution in [1.82, 2.24) is 44.9 Å². The molecule has 436 valence electrons. The van der Waals surface area contributed by atoms with E-state index in [1.54, 1.807) is 48.5 Å².